The highest BCUT2D eigenvalue weighted by Crippen LogP contribution is 2.37. The summed E-state index contributed by atoms with van der Waals surface area (Å²) in [4.78, 5) is 7.83. The molecule has 1 heterocycles. The number of rotatable bonds is 1. The van der Waals surface area contributed by atoms with Crippen LogP contribution in [0, 0.1) is 5.92 Å². The monoisotopic (exact) mass is 119 g/mol. The fourth-order valence-electron chi connectivity index (χ4n) is 0.833. The first-order valence-corrected chi connectivity index (χ1v) is 3.07. The molecule has 0 saturated heterocycles. The molecule has 0 bridgehead atoms. The zero-order valence-corrected chi connectivity index (χ0v) is 5.04. The average Bonchev–Trinajstić information content (AvgIpc) is 2.71. The van der Waals surface area contributed by atoms with Gasteiger partial charge in [-0.25, -0.2) is 9.97 Å². The molecule has 0 unspecified atom stereocenters. The van der Waals surface area contributed by atoms with Crippen molar-refractivity contribution >= 4 is 0 Å². The Labute approximate surface area is 54.0 Å². The van der Waals surface area contributed by atoms with Gasteiger partial charge in [0.1, 0.15) is 6.33 Å². The van der Waals surface area contributed by atoms with Crippen molar-refractivity contribution in [2.24, 2.45) is 0 Å². The largest absolute Gasteiger partial charge is 0.245 e. The first-order valence-electron chi connectivity index (χ1n) is 3.07. The van der Waals surface area contributed by atoms with Crippen LogP contribution in [0.1, 0.15) is 18.4 Å². The second-order valence-electron chi connectivity index (χ2n) is 2.23. The molecule has 1 aromatic heterocycles. The van der Waals surface area contributed by atoms with Crippen LogP contribution < -0.4 is 0 Å². The second-order valence-corrected chi connectivity index (χ2v) is 2.23. The van der Waals surface area contributed by atoms with Crippen LogP contribution in [0.15, 0.2) is 18.7 Å². The Hall–Kier alpha value is -0.920. The van der Waals surface area contributed by atoms with Crippen LogP contribution in [-0.2, 0) is 0 Å². The van der Waals surface area contributed by atoms with E-state index < -0.39 is 0 Å². The van der Waals surface area contributed by atoms with E-state index in [1.54, 1.807) is 6.33 Å². The minimum atomic E-state index is 1.22. The maximum atomic E-state index is 3.91. The Balaban J connectivity index is 2.29. The van der Waals surface area contributed by atoms with Gasteiger partial charge in [0.2, 0.25) is 0 Å². The van der Waals surface area contributed by atoms with Crippen molar-refractivity contribution in [1.82, 2.24) is 9.97 Å². The molecule has 9 heavy (non-hydrogen) atoms. The molecule has 0 atom stereocenters. The lowest BCUT2D eigenvalue weighted by molar-refractivity contribution is 1.13. The van der Waals surface area contributed by atoms with Gasteiger partial charge in [0.25, 0.3) is 0 Å². The molecule has 0 N–H and O–H groups in total. The van der Waals surface area contributed by atoms with Crippen LogP contribution in [0.4, 0.5) is 0 Å². The van der Waals surface area contributed by atoms with E-state index in [0.717, 1.165) is 0 Å². The smallest absolute Gasteiger partial charge is 0.115 e. The molecule has 2 nitrogen and oxygen atoms in total. The van der Waals surface area contributed by atoms with Gasteiger partial charge in [0, 0.05) is 18.3 Å². The molecule has 1 aliphatic carbocycles. The van der Waals surface area contributed by atoms with Gasteiger partial charge >= 0.3 is 0 Å². The summed E-state index contributed by atoms with van der Waals surface area (Å²) < 4.78 is 0. The van der Waals surface area contributed by atoms with Crippen LogP contribution in [0.3, 0.4) is 0 Å². The van der Waals surface area contributed by atoms with E-state index in [-0.39, 0.29) is 0 Å². The topological polar surface area (TPSA) is 25.8 Å². The van der Waals surface area contributed by atoms with Gasteiger partial charge in [0.05, 0.1) is 0 Å². The van der Waals surface area contributed by atoms with Crippen molar-refractivity contribution in [3.05, 3.63) is 30.2 Å². The molecule has 1 radical (unpaired) electrons. The van der Waals surface area contributed by atoms with E-state index >= 15 is 0 Å². The molecule has 2 rings (SSSR count). The highest BCUT2D eigenvalue weighted by molar-refractivity contribution is 5.32. The van der Waals surface area contributed by atoms with Crippen LogP contribution in [0.25, 0.3) is 0 Å². The molecule has 0 aromatic carbocycles. The first kappa shape index (κ1) is 4.91. The summed E-state index contributed by atoms with van der Waals surface area (Å²) >= 11 is 0. The van der Waals surface area contributed by atoms with E-state index in [1.165, 1.54) is 24.3 Å². The lowest BCUT2D eigenvalue weighted by Crippen LogP contribution is -1.82. The van der Waals surface area contributed by atoms with Crippen LogP contribution in [0.5, 0.6) is 0 Å². The molecular formula is C7H7N2. The first-order chi connectivity index (χ1) is 4.47. The fourth-order valence-corrected chi connectivity index (χ4v) is 0.833. The third-order valence-electron chi connectivity index (χ3n) is 1.47. The Morgan fingerprint density at radius 1 is 1.11 bits per heavy atom. The summed E-state index contributed by atoms with van der Waals surface area (Å²) in [5.41, 5.74) is 1.22. The standard InChI is InChI=1S/C7H7N2/c1-2-6(1)7-3-8-5-9-4-7/h3-5H,1-2H2. The summed E-state index contributed by atoms with van der Waals surface area (Å²) in [5, 5.41) is 0. The molecule has 0 spiro atoms. The predicted octanol–water partition coefficient (Wildman–Crippen LogP) is 1.19. The summed E-state index contributed by atoms with van der Waals surface area (Å²) in [6, 6.07) is 0. The maximum absolute atomic E-state index is 3.91. The normalized spacial score (nSPS) is 17.8. The van der Waals surface area contributed by atoms with Crippen LogP contribution in [-0.4, -0.2) is 9.97 Å². The van der Waals surface area contributed by atoms with Crippen molar-refractivity contribution in [2.45, 2.75) is 12.8 Å². The highest BCUT2D eigenvalue weighted by Gasteiger charge is 2.24. The maximum Gasteiger partial charge on any atom is 0.115 e. The quantitative estimate of drug-likeness (QED) is 0.555. The van der Waals surface area contributed by atoms with E-state index in [4.69, 9.17) is 0 Å². The van der Waals surface area contributed by atoms with E-state index in [0.29, 0.717) is 0 Å². The minimum Gasteiger partial charge on any atom is -0.245 e. The number of aromatic nitrogens is 2. The Morgan fingerprint density at radius 2 is 1.78 bits per heavy atom. The molecule has 45 valence electrons. The number of hydrogen-bond acceptors (Lipinski definition) is 2. The van der Waals surface area contributed by atoms with Crippen molar-refractivity contribution in [1.29, 1.82) is 0 Å². The zero-order chi connectivity index (χ0) is 6.10. The summed E-state index contributed by atoms with van der Waals surface area (Å²) in [5.74, 6) is 1.50. The van der Waals surface area contributed by atoms with Gasteiger partial charge in [-0.1, -0.05) is 0 Å². The molecule has 0 amide bonds. The van der Waals surface area contributed by atoms with Gasteiger partial charge in [-0.15, -0.1) is 0 Å². The molecule has 1 saturated carbocycles. The molecule has 2 heteroatoms. The van der Waals surface area contributed by atoms with E-state index in [1.807, 2.05) is 12.4 Å². The van der Waals surface area contributed by atoms with Crippen molar-refractivity contribution < 1.29 is 0 Å². The van der Waals surface area contributed by atoms with Gasteiger partial charge in [0.15, 0.2) is 0 Å². The highest BCUT2D eigenvalue weighted by atomic mass is 14.8. The minimum absolute atomic E-state index is 1.22. The Bertz CT molecular complexity index is 191. The number of nitrogens with zero attached hydrogens (tertiary/aromatic N) is 2. The van der Waals surface area contributed by atoms with Crippen LogP contribution in [0.2, 0.25) is 0 Å². The summed E-state index contributed by atoms with van der Waals surface area (Å²) in [7, 11) is 0. The van der Waals surface area contributed by atoms with Gasteiger partial charge in [-0.05, 0) is 18.4 Å². The second kappa shape index (κ2) is 1.79. The Kier molecular flexibility index (Phi) is 0.979. The van der Waals surface area contributed by atoms with Crippen LogP contribution >= 0.6 is 0 Å². The SMILES string of the molecule is c1ncc([C]2CC2)cn1. The Morgan fingerprint density at radius 3 is 2.33 bits per heavy atom. The van der Waals surface area contributed by atoms with Gasteiger partial charge < -0.3 is 0 Å². The lowest BCUT2D eigenvalue weighted by atomic mass is 10.2. The molecule has 0 aliphatic heterocycles. The van der Waals surface area contributed by atoms with Crippen molar-refractivity contribution in [2.75, 3.05) is 0 Å². The van der Waals surface area contributed by atoms with Crippen molar-refractivity contribution in [3.63, 3.8) is 0 Å². The summed E-state index contributed by atoms with van der Waals surface area (Å²) in [6.45, 7) is 0. The number of hydrogen-bond donors (Lipinski definition) is 0. The van der Waals surface area contributed by atoms with Gasteiger partial charge in [-0.2, -0.15) is 0 Å². The predicted molar refractivity (Wildman–Crippen MR) is 33.6 cm³/mol. The third-order valence-corrected chi connectivity index (χ3v) is 1.47. The zero-order valence-electron chi connectivity index (χ0n) is 5.04. The fraction of sp³-hybridized carbons (Fsp3) is 0.286. The third kappa shape index (κ3) is 0.922. The lowest BCUT2D eigenvalue weighted by Gasteiger charge is -1.90. The molecule has 1 aliphatic rings. The molecule has 1 aromatic rings. The van der Waals surface area contributed by atoms with Crippen molar-refractivity contribution in [3.8, 4) is 0 Å². The molecular weight excluding hydrogens is 112 g/mol. The van der Waals surface area contributed by atoms with E-state index in [2.05, 4.69) is 9.97 Å². The molecule has 1 fully saturated rings. The summed E-state index contributed by atoms with van der Waals surface area (Å²) in [6.07, 6.45) is 7.79. The van der Waals surface area contributed by atoms with Gasteiger partial charge in [-0.3, -0.25) is 0 Å². The average molecular weight is 119 g/mol. The van der Waals surface area contributed by atoms with E-state index in [9.17, 15) is 0 Å².